The molecular formula is C14H26N4O2S2. The third-order valence-electron chi connectivity index (χ3n) is 3.10. The van der Waals surface area contributed by atoms with E-state index in [-0.39, 0.29) is 5.75 Å². The molecule has 1 rings (SSSR count). The number of guanidine groups is 1. The first kappa shape index (κ1) is 18.9. The van der Waals surface area contributed by atoms with Crippen LogP contribution in [0.2, 0.25) is 0 Å². The normalized spacial score (nSPS) is 12.6. The van der Waals surface area contributed by atoms with Crippen LogP contribution in [-0.4, -0.2) is 50.6 Å². The fraction of sp³-hybridized carbons (Fsp3) is 0.643. The summed E-state index contributed by atoms with van der Waals surface area (Å²) in [6.07, 6.45) is 0. The van der Waals surface area contributed by atoms with Crippen LogP contribution < -0.4 is 10.6 Å². The van der Waals surface area contributed by atoms with E-state index in [1.54, 1.807) is 11.3 Å². The first-order valence-corrected chi connectivity index (χ1v) is 10.1. The van der Waals surface area contributed by atoms with Gasteiger partial charge in [0.05, 0.1) is 12.3 Å². The summed E-state index contributed by atoms with van der Waals surface area (Å²) in [7, 11) is -3.20. The smallest absolute Gasteiger partial charge is 0.215 e. The molecule has 6 nitrogen and oxygen atoms in total. The summed E-state index contributed by atoms with van der Waals surface area (Å²) in [5.74, 6) is 0.709. The van der Waals surface area contributed by atoms with Gasteiger partial charge in [-0.3, -0.25) is 0 Å². The van der Waals surface area contributed by atoms with E-state index >= 15 is 0 Å². The second-order valence-electron chi connectivity index (χ2n) is 4.65. The minimum Gasteiger partial charge on any atom is -0.357 e. The highest BCUT2D eigenvalue weighted by Crippen LogP contribution is 2.06. The maximum absolute atomic E-state index is 12.1. The zero-order valence-electron chi connectivity index (χ0n) is 13.5. The zero-order valence-corrected chi connectivity index (χ0v) is 15.1. The molecular weight excluding hydrogens is 320 g/mol. The van der Waals surface area contributed by atoms with Gasteiger partial charge in [0.2, 0.25) is 10.0 Å². The van der Waals surface area contributed by atoms with Crippen LogP contribution in [0.25, 0.3) is 0 Å². The number of nitrogens with zero attached hydrogens (tertiary/aromatic N) is 2. The van der Waals surface area contributed by atoms with Crippen LogP contribution >= 0.6 is 11.3 Å². The number of hydrogen-bond acceptors (Lipinski definition) is 4. The average molecular weight is 347 g/mol. The quantitative estimate of drug-likeness (QED) is 0.525. The summed E-state index contributed by atoms with van der Waals surface area (Å²) in [4.78, 5) is 4.45. The largest absolute Gasteiger partial charge is 0.357 e. The fourth-order valence-corrected chi connectivity index (χ4v) is 4.00. The van der Waals surface area contributed by atoms with E-state index in [2.05, 4.69) is 21.0 Å². The highest BCUT2D eigenvalue weighted by Gasteiger charge is 2.18. The Morgan fingerprint density at radius 1 is 1.27 bits per heavy atom. The molecule has 2 N–H and O–H groups in total. The molecule has 1 aromatic heterocycles. The van der Waals surface area contributed by atoms with Gasteiger partial charge in [0, 0.05) is 26.2 Å². The predicted octanol–water partition coefficient (Wildman–Crippen LogP) is 1.47. The summed E-state index contributed by atoms with van der Waals surface area (Å²) in [5.41, 5.74) is 1.15. The Bertz CT molecular complexity index is 537. The monoisotopic (exact) mass is 346 g/mol. The molecule has 22 heavy (non-hydrogen) atoms. The van der Waals surface area contributed by atoms with E-state index in [1.807, 2.05) is 32.2 Å². The van der Waals surface area contributed by atoms with Crippen molar-refractivity contribution < 1.29 is 8.42 Å². The van der Waals surface area contributed by atoms with E-state index in [4.69, 9.17) is 0 Å². The summed E-state index contributed by atoms with van der Waals surface area (Å²) in [5, 5.41) is 10.3. The molecule has 0 aliphatic rings. The minimum absolute atomic E-state index is 0.0670. The van der Waals surface area contributed by atoms with Gasteiger partial charge in [0.1, 0.15) is 0 Å². The second kappa shape index (κ2) is 9.81. The van der Waals surface area contributed by atoms with Crippen molar-refractivity contribution in [3.8, 4) is 0 Å². The van der Waals surface area contributed by atoms with Gasteiger partial charge in [0.25, 0.3) is 0 Å². The summed E-state index contributed by atoms with van der Waals surface area (Å²) in [6, 6.07) is 2.03. The van der Waals surface area contributed by atoms with E-state index in [0.717, 1.165) is 12.1 Å². The molecule has 0 fully saturated rings. The Morgan fingerprint density at radius 3 is 2.55 bits per heavy atom. The van der Waals surface area contributed by atoms with Crippen molar-refractivity contribution in [3.05, 3.63) is 22.4 Å². The SMILES string of the molecule is CCNC(=NCc1ccsc1)NCCS(=O)(=O)N(CC)CC. The van der Waals surface area contributed by atoms with Crippen LogP contribution in [0, 0.1) is 0 Å². The van der Waals surface area contributed by atoms with Gasteiger partial charge in [-0.15, -0.1) is 0 Å². The van der Waals surface area contributed by atoms with E-state index in [9.17, 15) is 8.42 Å². The van der Waals surface area contributed by atoms with Crippen LogP contribution in [0.15, 0.2) is 21.8 Å². The Morgan fingerprint density at radius 2 is 2.00 bits per heavy atom. The minimum atomic E-state index is -3.20. The van der Waals surface area contributed by atoms with E-state index in [0.29, 0.717) is 32.1 Å². The Hall–Kier alpha value is -1.12. The van der Waals surface area contributed by atoms with Crippen LogP contribution in [0.4, 0.5) is 0 Å². The number of hydrogen-bond donors (Lipinski definition) is 2. The average Bonchev–Trinajstić information content (AvgIpc) is 2.99. The maximum atomic E-state index is 12.1. The van der Waals surface area contributed by atoms with Crippen LogP contribution in [0.5, 0.6) is 0 Å². The molecule has 0 aromatic carbocycles. The van der Waals surface area contributed by atoms with Crippen molar-refractivity contribution in [1.29, 1.82) is 0 Å². The molecule has 8 heteroatoms. The summed E-state index contributed by atoms with van der Waals surface area (Å²) < 4.78 is 25.7. The van der Waals surface area contributed by atoms with Crippen molar-refractivity contribution in [1.82, 2.24) is 14.9 Å². The van der Waals surface area contributed by atoms with Crippen LogP contribution in [-0.2, 0) is 16.6 Å². The number of rotatable bonds is 9. The van der Waals surface area contributed by atoms with Crippen molar-refractivity contribution in [3.63, 3.8) is 0 Å². The van der Waals surface area contributed by atoms with Crippen LogP contribution in [0.1, 0.15) is 26.3 Å². The van der Waals surface area contributed by atoms with Crippen molar-refractivity contribution in [2.45, 2.75) is 27.3 Å². The molecule has 0 aliphatic heterocycles. The lowest BCUT2D eigenvalue weighted by Gasteiger charge is -2.19. The highest BCUT2D eigenvalue weighted by atomic mass is 32.2. The molecule has 1 aromatic rings. The molecule has 0 bridgehead atoms. The first-order chi connectivity index (χ1) is 10.5. The van der Waals surface area contributed by atoms with E-state index < -0.39 is 10.0 Å². The van der Waals surface area contributed by atoms with Crippen molar-refractivity contribution in [2.24, 2.45) is 4.99 Å². The van der Waals surface area contributed by atoms with Gasteiger partial charge in [-0.1, -0.05) is 13.8 Å². The predicted molar refractivity (Wildman–Crippen MR) is 93.8 cm³/mol. The van der Waals surface area contributed by atoms with Gasteiger partial charge in [0.15, 0.2) is 5.96 Å². The van der Waals surface area contributed by atoms with Crippen molar-refractivity contribution in [2.75, 3.05) is 31.9 Å². The molecule has 0 spiro atoms. The molecule has 0 aliphatic carbocycles. The fourth-order valence-electron chi connectivity index (χ4n) is 1.94. The number of thiophene rings is 1. The van der Waals surface area contributed by atoms with Gasteiger partial charge in [-0.25, -0.2) is 17.7 Å². The van der Waals surface area contributed by atoms with Gasteiger partial charge in [-0.2, -0.15) is 11.3 Å². The topological polar surface area (TPSA) is 73.8 Å². The van der Waals surface area contributed by atoms with E-state index in [1.165, 1.54) is 4.31 Å². The van der Waals surface area contributed by atoms with Crippen molar-refractivity contribution >= 4 is 27.3 Å². The summed E-state index contributed by atoms with van der Waals surface area (Å²) in [6.45, 7) is 8.35. The molecule has 0 saturated heterocycles. The third-order valence-corrected chi connectivity index (χ3v) is 5.85. The molecule has 0 radical (unpaired) electrons. The number of nitrogens with one attached hydrogen (secondary N) is 2. The first-order valence-electron chi connectivity index (χ1n) is 7.54. The second-order valence-corrected chi connectivity index (χ2v) is 7.52. The highest BCUT2D eigenvalue weighted by molar-refractivity contribution is 7.89. The van der Waals surface area contributed by atoms with Gasteiger partial charge < -0.3 is 10.6 Å². The van der Waals surface area contributed by atoms with Gasteiger partial charge in [-0.05, 0) is 29.3 Å². The number of aliphatic imine (C=N–C) groups is 1. The molecule has 1 heterocycles. The lowest BCUT2D eigenvalue weighted by molar-refractivity contribution is 0.445. The molecule has 126 valence electrons. The molecule has 0 amide bonds. The standard InChI is InChI=1S/C14H26N4O2S2/c1-4-15-14(17-11-13-7-9-21-12-13)16-8-10-22(19,20)18(5-2)6-3/h7,9,12H,4-6,8,10-11H2,1-3H3,(H2,15,16,17). The maximum Gasteiger partial charge on any atom is 0.215 e. The zero-order chi connectivity index (χ0) is 16.4. The lowest BCUT2D eigenvalue weighted by atomic mass is 10.3. The summed E-state index contributed by atoms with van der Waals surface area (Å²) >= 11 is 1.64. The molecule has 0 atom stereocenters. The van der Waals surface area contributed by atoms with Gasteiger partial charge >= 0.3 is 0 Å². The number of sulfonamides is 1. The Kier molecular flexibility index (Phi) is 8.44. The van der Waals surface area contributed by atoms with Crippen LogP contribution in [0.3, 0.4) is 0 Å². The molecule has 0 saturated carbocycles. The third kappa shape index (κ3) is 6.33. The lowest BCUT2D eigenvalue weighted by Crippen LogP contribution is -2.42. The Balaban J connectivity index is 2.52. The molecule has 0 unspecified atom stereocenters. The Labute approximate surface area is 137 Å².